The van der Waals surface area contributed by atoms with E-state index < -0.39 is 6.61 Å². The normalized spacial score (nSPS) is 11.6. The number of hydrogen-bond acceptors (Lipinski definition) is 3. The summed E-state index contributed by atoms with van der Waals surface area (Å²) in [5.74, 6) is 0.262. The number of ether oxygens (including phenoxy) is 1. The fourth-order valence-corrected chi connectivity index (χ4v) is 2.33. The van der Waals surface area contributed by atoms with E-state index in [-0.39, 0.29) is 54.3 Å². The topological polar surface area (TPSA) is 74.8 Å². The number of carbonyl (C=O) groups excluding carboxylic acids is 1. The molecule has 6 nitrogen and oxygen atoms in total. The van der Waals surface area contributed by atoms with Gasteiger partial charge in [0.05, 0.1) is 6.54 Å². The quantitative estimate of drug-likeness (QED) is 0.290. The van der Waals surface area contributed by atoms with Crippen LogP contribution in [-0.4, -0.2) is 37.6 Å². The summed E-state index contributed by atoms with van der Waals surface area (Å²) >= 11 is 3.29. The summed E-state index contributed by atoms with van der Waals surface area (Å²) < 4.78 is 30.2. The molecule has 0 spiro atoms. The molecule has 1 amide bonds. The molecule has 0 unspecified atom stereocenters. The maximum Gasteiger partial charge on any atom is 0.387 e. The third-order valence-corrected chi connectivity index (χ3v) is 3.33. The van der Waals surface area contributed by atoms with Gasteiger partial charge in [-0.1, -0.05) is 15.9 Å². The summed E-state index contributed by atoms with van der Waals surface area (Å²) in [5, 5.41) is 8.64. The predicted molar refractivity (Wildman–Crippen MR) is 112 cm³/mol. The number of halogens is 4. The summed E-state index contributed by atoms with van der Waals surface area (Å²) in [7, 11) is 1.55. The molecule has 0 aliphatic heterocycles. The zero-order valence-corrected chi connectivity index (χ0v) is 18.9. The van der Waals surface area contributed by atoms with E-state index >= 15 is 0 Å². The van der Waals surface area contributed by atoms with Crippen LogP contribution in [0.25, 0.3) is 0 Å². The molecule has 0 saturated heterocycles. The van der Waals surface area contributed by atoms with Crippen molar-refractivity contribution in [3.8, 4) is 5.75 Å². The smallest absolute Gasteiger partial charge is 0.387 e. The van der Waals surface area contributed by atoms with Crippen LogP contribution < -0.4 is 20.7 Å². The Morgan fingerprint density at radius 3 is 2.50 bits per heavy atom. The first-order chi connectivity index (χ1) is 11.6. The van der Waals surface area contributed by atoms with Crippen LogP contribution in [0.5, 0.6) is 5.75 Å². The number of aliphatic imine (C=N–C) groups is 1. The lowest BCUT2D eigenvalue weighted by atomic mass is 10.1. The first-order valence-corrected chi connectivity index (χ1v) is 8.39. The molecule has 26 heavy (non-hydrogen) atoms. The predicted octanol–water partition coefficient (Wildman–Crippen LogP) is 3.25. The molecule has 1 rings (SSSR count). The average molecular weight is 549 g/mol. The van der Waals surface area contributed by atoms with Gasteiger partial charge in [-0.2, -0.15) is 8.78 Å². The number of nitrogens with one attached hydrogen (secondary N) is 3. The molecule has 0 aromatic heterocycles. The van der Waals surface area contributed by atoms with Gasteiger partial charge in [0, 0.05) is 29.2 Å². The number of nitrogens with zero attached hydrogens (tertiary/aromatic N) is 1. The lowest BCUT2D eigenvalue weighted by Gasteiger charge is -2.21. The molecule has 0 bridgehead atoms. The Morgan fingerprint density at radius 2 is 1.96 bits per heavy atom. The van der Waals surface area contributed by atoms with Crippen molar-refractivity contribution in [3.05, 3.63) is 28.2 Å². The van der Waals surface area contributed by atoms with Gasteiger partial charge >= 0.3 is 6.61 Å². The van der Waals surface area contributed by atoms with Crippen LogP contribution in [0.15, 0.2) is 27.7 Å². The molecule has 0 fully saturated rings. The molecule has 10 heteroatoms. The lowest BCUT2D eigenvalue weighted by Crippen LogP contribution is -2.48. The molecule has 3 N–H and O–H groups in total. The standard InChI is InChI=1S/C16H23BrF2N4O2.HI/c1-16(2,3)23-13(24)9-22-15(20-4)21-8-10-7-11(17)5-6-12(10)25-14(18)19;/h5-7,14H,8-9H2,1-4H3,(H,23,24)(H2,20,21,22);1H. The van der Waals surface area contributed by atoms with Crippen LogP contribution >= 0.6 is 39.9 Å². The highest BCUT2D eigenvalue weighted by atomic mass is 127. The van der Waals surface area contributed by atoms with Crippen molar-refractivity contribution < 1.29 is 18.3 Å². The van der Waals surface area contributed by atoms with E-state index in [0.29, 0.717) is 11.5 Å². The Labute approximate surface area is 177 Å². The van der Waals surface area contributed by atoms with Gasteiger partial charge in [-0.15, -0.1) is 24.0 Å². The molecule has 0 atom stereocenters. The van der Waals surface area contributed by atoms with Gasteiger partial charge < -0.3 is 20.7 Å². The molecular formula is C16H24BrF2IN4O2. The van der Waals surface area contributed by atoms with Gasteiger partial charge in [-0.25, -0.2) is 0 Å². The summed E-state index contributed by atoms with van der Waals surface area (Å²) in [6.07, 6.45) is 0. The monoisotopic (exact) mass is 548 g/mol. The van der Waals surface area contributed by atoms with Crippen molar-refractivity contribution in [2.24, 2.45) is 4.99 Å². The molecule has 0 saturated carbocycles. The van der Waals surface area contributed by atoms with Crippen molar-refractivity contribution >= 4 is 51.8 Å². The Morgan fingerprint density at radius 1 is 1.31 bits per heavy atom. The second kappa shape index (κ2) is 11.5. The van der Waals surface area contributed by atoms with Crippen molar-refractivity contribution in [3.63, 3.8) is 0 Å². The van der Waals surface area contributed by atoms with E-state index in [1.165, 1.54) is 6.07 Å². The first kappa shape index (κ1) is 24.8. The highest BCUT2D eigenvalue weighted by molar-refractivity contribution is 14.0. The fraction of sp³-hybridized carbons (Fsp3) is 0.500. The van der Waals surface area contributed by atoms with Crippen molar-refractivity contribution in [2.45, 2.75) is 39.5 Å². The van der Waals surface area contributed by atoms with Crippen LogP contribution in [0.2, 0.25) is 0 Å². The minimum atomic E-state index is -2.90. The Bertz CT molecular complexity index is 625. The third-order valence-electron chi connectivity index (χ3n) is 2.84. The van der Waals surface area contributed by atoms with Gasteiger partial charge in [0.1, 0.15) is 5.75 Å². The maximum atomic E-state index is 12.5. The highest BCUT2D eigenvalue weighted by Crippen LogP contribution is 2.24. The zero-order chi connectivity index (χ0) is 19.0. The number of amides is 1. The minimum absolute atomic E-state index is 0. The first-order valence-electron chi connectivity index (χ1n) is 7.59. The maximum absolute atomic E-state index is 12.5. The Balaban J connectivity index is 0.00000625. The molecule has 1 aromatic carbocycles. The van der Waals surface area contributed by atoms with Crippen molar-refractivity contribution in [1.82, 2.24) is 16.0 Å². The average Bonchev–Trinajstić information content (AvgIpc) is 2.47. The number of carbonyl (C=O) groups is 1. The van der Waals surface area contributed by atoms with Gasteiger partial charge in [-0.3, -0.25) is 9.79 Å². The summed E-state index contributed by atoms with van der Waals surface area (Å²) in [4.78, 5) is 15.8. The molecule has 0 radical (unpaired) electrons. The van der Waals surface area contributed by atoms with E-state index in [4.69, 9.17) is 0 Å². The molecule has 0 heterocycles. The minimum Gasteiger partial charge on any atom is -0.434 e. The van der Waals surface area contributed by atoms with Gasteiger partial charge in [0.2, 0.25) is 5.91 Å². The number of guanidine groups is 1. The summed E-state index contributed by atoms with van der Waals surface area (Å²) in [6.45, 7) is 2.98. The van der Waals surface area contributed by atoms with Crippen LogP contribution in [0.4, 0.5) is 8.78 Å². The van der Waals surface area contributed by atoms with Gasteiger partial charge in [0.25, 0.3) is 0 Å². The summed E-state index contributed by atoms with van der Waals surface area (Å²) in [5.41, 5.74) is 0.199. The van der Waals surface area contributed by atoms with Crippen LogP contribution in [0.3, 0.4) is 0 Å². The highest BCUT2D eigenvalue weighted by Gasteiger charge is 2.14. The number of alkyl halides is 2. The number of benzene rings is 1. The second-order valence-electron chi connectivity index (χ2n) is 6.21. The van der Waals surface area contributed by atoms with Crippen LogP contribution in [0.1, 0.15) is 26.3 Å². The third kappa shape index (κ3) is 10.1. The van der Waals surface area contributed by atoms with E-state index in [9.17, 15) is 13.6 Å². The lowest BCUT2D eigenvalue weighted by molar-refractivity contribution is -0.121. The van der Waals surface area contributed by atoms with Crippen molar-refractivity contribution in [2.75, 3.05) is 13.6 Å². The van der Waals surface area contributed by atoms with E-state index in [1.807, 2.05) is 20.8 Å². The van der Waals surface area contributed by atoms with Crippen molar-refractivity contribution in [1.29, 1.82) is 0 Å². The molecular weight excluding hydrogens is 525 g/mol. The zero-order valence-electron chi connectivity index (χ0n) is 15.0. The Hall–Kier alpha value is -1.17. The molecule has 1 aromatic rings. The van der Waals surface area contributed by atoms with Crippen LogP contribution in [0, 0.1) is 0 Å². The molecule has 0 aliphatic carbocycles. The van der Waals surface area contributed by atoms with Crippen LogP contribution in [-0.2, 0) is 11.3 Å². The molecule has 0 aliphatic rings. The number of hydrogen-bond donors (Lipinski definition) is 3. The van der Waals surface area contributed by atoms with Gasteiger partial charge in [0.15, 0.2) is 5.96 Å². The van der Waals surface area contributed by atoms with E-state index in [2.05, 4.69) is 41.6 Å². The SMILES string of the molecule is CN=C(NCC(=O)NC(C)(C)C)NCc1cc(Br)ccc1OC(F)F.I. The fourth-order valence-electron chi connectivity index (χ4n) is 1.92. The van der Waals surface area contributed by atoms with Gasteiger partial charge in [-0.05, 0) is 39.0 Å². The second-order valence-corrected chi connectivity index (χ2v) is 7.12. The largest absolute Gasteiger partial charge is 0.434 e. The number of rotatable bonds is 6. The summed E-state index contributed by atoms with van der Waals surface area (Å²) in [6, 6.07) is 4.75. The Kier molecular flexibility index (Phi) is 11.0. The van der Waals surface area contributed by atoms with E-state index in [1.54, 1.807) is 19.2 Å². The van der Waals surface area contributed by atoms with E-state index in [0.717, 1.165) is 4.47 Å². The molecule has 148 valence electrons.